The van der Waals surface area contributed by atoms with E-state index in [0.29, 0.717) is 48.2 Å². The van der Waals surface area contributed by atoms with Crippen molar-refractivity contribution >= 4 is 56.6 Å². The van der Waals surface area contributed by atoms with Crippen molar-refractivity contribution in [1.29, 1.82) is 0 Å². The Morgan fingerprint density at radius 3 is 2.33 bits per heavy atom. The normalized spacial score (nSPS) is 14.3. The highest BCUT2D eigenvalue weighted by Gasteiger charge is 2.25. The smallest absolute Gasteiger partial charge is 0.254 e. The molecule has 1 aromatic heterocycles. The highest BCUT2D eigenvalue weighted by atomic mass is 35.5. The number of carbonyl (C=O) groups excluding carboxylic acids is 2. The van der Waals surface area contributed by atoms with Crippen LogP contribution in [-0.2, 0) is 11.2 Å². The molecule has 1 aliphatic rings. The van der Waals surface area contributed by atoms with Gasteiger partial charge in [-0.1, -0.05) is 35.3 Å². The van der Waals surface area contributed by atoms with E-state index in [1.54, 1.807) is 34.4 Å². The van der Waals surface area contributed by atoms with Crippen LogP contribution in [0.3, 0.4) is 0 Å². The molecule has 2 heterocycles. The molecule has 0 saturated carbocycles. The number of carbonyl (C=O) groups is 2. The van der Waals surface area contributed by atoms with Crippen LogP contribution < -0.4 is 0 Å². The molecule has 0 N–H and O–H groups in total. The molecule has 1 fully saturated rings. The number of thiazole rings is 1. The van der Waals surface area contributed by atoms with Crippen molar-refractivity contribution in [3.63, 3.8) is 0 Å². The molecule has 2 aromatic carbocycles. The summed E-state index contributed by atoms with van der Waals surface area (Å²) in [5.41, 5.74) is 1.49. The predicted octanol–water partition coefficient (Wildman–Crippen LogP) is 4.91. The number of halogens is 2. The van der Waals surface area contributed by atoms with E-state index in [9.17, 15) is 9.59 Å². The van der Waals surface area contributed by atoms with Gasteiger partial charge in [0, 0.05) is 48.2 Å². The van der Waals surface area contributed by atoms with Gasteiger partial charge in [0.05, 0.1) is 15.2 Å². The van der Waals surface area contributed by atoms with E-state index in [2.05, 4.69) is 11.1 Å². The van der Waals surface area contributed by atoms with Crippen LogP contribution in [0.2, 0.25) is 10.0 Å². The van der Waals surface area contributed by atoms with Crippen LogP contribution in [-0.4, -0.2) is 52.8 Å². The molecule has 30 heavy (non-hydrogen) atoms. The third-order valence-electron chi connectivity index (χ3n) is 5.15. The Labute approximate surface area is 189 Å². The van der Waals surface area contributed by atoms with E-state index in [-0.39, 0.29) is 11.8 Å². The number of aromatic nitrogens is 1. The van der Waals surface area contributed by atoms with Gasteiger partial charge in [0.25, 0.3) is 5.91 Å². The molecule has 0 aliphatic carbocycles. The van der Waals surface area contributed by atoms with Crippen molar-refractivity contribution in [2.45, 2.75) is 19.3 Å². The number of piperazine rings is 1. The number of aryl methyl sites for hydroxylation is 1. The van der Waals surface area contributed by atoms with Gasteiger partial charge in [-0.25, -0.2) is 4.98 Å². The molecule has 5 nitrogen and oxygen atoms in total. The average molecular weight is 462 g/mol. The van der Waals surface area contributed by atoms with Crippen LogP contribution in [0.4, 0.5) is 0 Å². The number of hydrogen-bond acceptors (Lipinski definition) is 4. The molecule has 8 heteroatoms. The minimum absolute atomic E-state index is 0.109. The zero-order valence-corrected chi connectivity index (χ0v) is 18.6. The van der Waals surface area contributed by atoms with Crippen molar-refractivity contribution in [3.05, 3.63) is 63.1 Å². The summed E-state index contributed by atoms with van der Waals surface area (Å²) in [6.45, 7) is 2.10. The lowest BCUT2D eigenvalue weighted by atomic mass is 10.1. The van der Waals surface area contributed by atoms with Gasteiger partial charge >= 0.3 is 0 Å². The molecule has 0 unspecified atom stereocenters. The van der Waals surface area contributed by atoms with Crippen molar-refractivity contribution in [2.75, 3.05) is 26.2 Å². The molecule has 156 valence electrons. The zero-order chi connectivity index (χ0) is 21.1. The highest BCUT2D eigenvalue weighted by Crippen LogP contribution is 2.23. The van der Waals surface area contributed by atoms with E-state index in [1.165, 1.54) is 4.70 Å². The largest absolute Gasteiger partial charge is 0.339 e. The van der Waals surface area contributed by atoms with Gasteiger partial charge in [0.2, 0.25) is 5.91 Å². The predicted molar refractivity (Wildman–Crippen MR) is 122 cm³/mol. The maximum absolute atomic E-state index is 12.7. The van der Waals surface area contributed by atoms with Gasteiger partial charge in [-0.3, -0.25) is 9.59 Å². The van der Waals surface area contributed by atoms with Crippen molar-refractivity contribution < 1.29 is 9.59 Å². The first-order valence-corrected chi connectivity index (χ1v) is 11.4. The van der Waals surface area contributed by atoms with Crippen LogP contribution >= 0.6 is 34.5 Å². The second-order valence-electron chi connectivity index (χ2n) is 7.26. The topological polar surface area (TPSA) is 53.5 Å². The fourth-order valence-electron chi connectivity index (χ4n) is 3.59. The molecule has 0 atom stereocenters. The molecule has 0 spiro atoms. The summed E-state index contributed by atoms with van der Waals surface area (Å²) in [6, 6.07) is 12.9. The Hall–Kier alpha value is -2.15. The maximum atomic E-state index is 12.7. The van der Waals surface area contributed by atoms with Crippen LogP contribution in [0.25, 0.3) is 10.2 Å². The van der Waals surface area contributed by atoms with Crippen molar-refractivity contribution in [2.24, 2.45) is 0 Å². The first-order chi connectivity index (χ1) is 14.5. The third-order valence-corrected chi connectivity index (χ3v) is 6.68. The Morgan fingerprint density at radius 1 is 0.967 bits per heavy atom. The second kappa shape index (κ2) is 9.33. The summed E-state index contributed by atoms with van der Waals surface area (Å²) in [5.74, 6) is 0.0244. The Morgan fingerprint density at radius 2 is 1.63 bits per heavy atom. The SMILES string of the molecule is O=C(CCCc1nc2ccccc2s1)N1CCN(C(=O)c2cc(Cl)cc(Cl)c2)CC1. The zero-order valence-electron chi connectivity index (χ0n) is 16.3. The molecular weight excluding hydrogens is 441 g/mol. The van der Waals surface area contributed by atoms with Gasteiger partial charge in [-0.15, -0.1) is 11.3 Å². The number of fused-ring (bicyclic) bond motifs is 1. The molecule has 3 aromatic rings. The third kappa shape index (κ3) is 4.94. The van der Waals surface area contributed by atoms with Crippen LogP contribution in [0.1, 0.15) is 28.2 Å². The lowest BCUT2D eigenvalue weighted by Crippen LogP contribution is -2.50. The Bertz CT molecular complexity index is 1020. The van der Waals surface area contributed by atoms with E-state index < -0.39 is 0 Å². The number of rotatable bonds is 5. The highest BCUT2D eigenvalue weighted by molar-refractivity contribution is 7.18. The van der Waals surface area contributed by atoms with E-state index in [1.807, 2.05) is 23.1 Å². The lowest BCUT2D eigenvalue weighted by Gasteiger charge is -2.35. The molecule has 2 amide bonds. The average Bonchev–Trinajstić information content (AvgIpc) is 3.15. The number of amides is 2. The molecule has 4 rings (SSSR count). The second-order valence-corrected chi connectivity index (χ2v) is 9.25. The first-order valence-electron chi connectivity index (χ1n) is 9.87. The molecule has 0 radical (unpaired) electrons. The van der Waals surface area contributed by atoms with Gasteiger partial charge in [0.15, 0.2) is 0 Å². The Balaban J connectivity index is 1.25. The summed E-state index contributed by atoms with van der Waals surface area (Å²) < 4.78 is 1.18. The number of benzene rings is 2. The maximum Gasteiger partial charge on any atom is 0.254 e. The number of para-hydroxylation sites is 1. The molecular formula is C22H21Cl2N3O2S. The molecule has 1 aliphatic heterocycles. The van der Waals surface area contributed by atoms with Gasteiger partial charge in [-0.05, 0) is 43.2 Å². The summed E-state index contributed by atoms with van der Waals surface area (Å²) in [6.07, 6.45) is 2.08. The first kappa shape index (κ1) is 21.1. The van der Waals surface area contributed by atoms with E-state index in [0.717, 1.165) is 23.4 Å². The summed E-state index contributed by atoms with van der Waals surface area (Å²) in [7, 11) is 0. The minimum atomic E-state index is -0.109. The fraction of sp³-hybridized carbons (Fsp3) is 0.318. The summed E-state index contributed by atoms with van der Waals surface area (Å²) in [4.78, 5) is 33.5. The fourth-order valence-corrected chi connectivity index (χ4v) is 5.13. The standard InChI is InChI=1S/C22H21Cl2N3O2S/c23-16-12-15(13-17(24)14-16)22(29)27-10-8-26(9-11-27)21(28)7-3-6-20-25-18-4-1-2-5-19(18)30-20/h1-2,4-5,12-14H,3,6-11H2. The summed E-state index contributed by atoms with van der Waals surface area (Å²) in [5, 5.41) is 1.94. The number of nitrogens with zero attached hydrogens (tertiary/aromatic N) is 3. The molecule has 0 bridgehead atoms. The minimum Gasteiger partial charge on any atom is -0.339 e. The van der Waals surface area contributed by atoms with Gasteiger partial charge in [0.1, 0.15) is 0 Å². The van der Waals surface area contributed by atoms with Crippen molar-refractivity contribution in [1.82, 2.24) is 14.8 Å². The molecule has 1 saturated heterocycles. The van der Waals surface area contributed by atoms with Crippen LogP contribution in [0, 0.1) is 0 Å². The van der Waals surface area contributed by atoms with Gasteiger partial charge in [-0.2, -0.15) is 0 Å². The number of hydrogen-bond donors (Lipinski definition) is 0. The van der Waals surface area contributed by atoms with Crippen LogP contribution in [0.15, 0.2) is 42.5 Å². The van der Waals surface area contributed by atoms with E-state index >= 15 is 0 Å². The Kier molecular flexibility index (Phi) is 6.56. The van der Waals surface area contributed by atoms with Crippen molar-refractivity contribution in [3.8, 4) is 0 Å². The monoisotopic (exact) mass is 461 g/mol. The van der Waals surface area contributed by atoms with E-state index in [4.69, 9.17) is 23.2 Å². The van der Waals surface area contributed by atoms with Gasteiger partial charge < -0.3 is 9.80 Å². The quantitative estimate of drug-likeness (QED) is 0.542. The summed E-state index contributed by atoms with van der Waals surface area (Å²) >= 11 is 13.7. The van der Waals surface area contributed by atoms with Crippen LogP contribution in [0.5, 0.6) is 0 Å². The lowest BCUT2D eigenvalue weighted by molar-refractivity contribution is -0.132.